The largest absolute Gasteiger partial charge is 0.273 e. The van der Waals surface area contributed by atoms with Gasteiger partial charge in [0.25, 0.3) is 0 Å². The zero-order valence-electron chi connectivity index (χ0n) is 4.76. The molecule has 0 atom stereocenters. The van der Waals surface area contributed by atoms with Crippen molar-refractivity contribution >= 4 is 6.72 Å². The van der Waals surface area contributed by atoms with Gasteiger partial charge in [-0.15, -0.1) is 0 Å². The van der Waals surface area contributed by atoms with Gasteiger partial charge in [0, 0.05) is 6.20 Å². The maximum atomic E-state index is 11.8. The standard InChI is InChI=1S/C6H8FN/c1-6(7)4-3-5-8-2/h3-5H,2H2,1H3/b5-3-,6-4+. The van der Waals surface area contributed by atoms with E-state index in [1.807, 2.05) is 0 Å². The highest BCUT2D eigenvalue weighted by Crippen LogP contribution is 1.91. The molecule has 0 aromatic rings. The van der Waals surface area contributed by atoms with Crippen molar-refractivity contribution in [1.82, 2.24) is 0 Å². The molecule has 0 fully saturated rings. The molecule has 44 valence electrons. The van der Waals surface area contributed by atoms with Crippen molar-refractivity contribution in [1.29, 1.82) is 0 Å². The van der Waals surface area contributed by atoms with E-state index in [2.05, 4.69) is 11.7 Å². The summed E-state index contributed by atoms with van der Waals surface area (Å²) in [4.78, 5) is 3.37. The van der Waals surface area contributed by atoms with Crippen LogP contribution in [-0.2, 0) is 0 Å². The first kappa shape index (κ1) is 7.08. The van der Waals surface area contributed by atoms with E-state index in [0.717, 1.165) is 0 Å². The third kappa shape index (κ3) is 5.08. The molecular weight excluding hydrogens is 105 g/mol. The average molecular weight is 113 g/mol. The molecule has 0 spiro atoms. The Morgan fingerprint density at radius 3 is 2.75 bits per heavy atom. The summed E-state index contributed by atoms with van der Waals surface area (Å²) in [5.74, 6) is -0.232. The van der Waals surface area contributed by atoms with Gasteiger partial charge in [0.15, 0.2) is 0 Å². The Balaban J connectivity index is 3.57. The Morgan fingerprint density at radius 2 is 2.38 bits per heavy atom. The minimum Gasteiger partial charge on any atom is -0.273 e. The van der Waals surface area contributed by atoms with Crippen LogP contribution in [0.5, 0.6) is 0 Å². The van der Waals surface area contributed by atoms with E-state index in [1.54, 1.807) is 0 Å². The molecule has 0 N–H and O–H groups in total. The molecule has 0 heterocycles. The van der Waals surface area contributed by atoms with Crippen LogP contribution in [0.15, 0.2) is 29.2 Å². The number of hydrogen-bond acceptors (Lipinski definition) is 1. The van der Waals surface area contributed by atoms with Crippen molar-refractivity contribution in [2.45, 2.75) is 6.92 Å². The van der Waals surface area contributed by atoms with Gasteiger partial charge in [0.2, 0.25) is 0 Å². The normalized spacial score (nSPS) is 12.5. The van der Waals surface area contributed by atoms with Crippen molar-refractivity contribution in [2.24, 2.45) is 4.99 Å². The van der Waals surface area contributed by atoms with Gasteiger partial charge in [-0.05, 0) is 25.8 Å². The summed E-state index contributed by atoms with van der Waals surface area (Å²) >= 11 is 0. The Morgan fingerprint density at radius 1 is 1.75 bits per heavy atom. The second-order valence-electron chi connectivity index (χ2n) is 1.28. The first-order chi connectivity index (χ1) is 3.77. The second-order valence-corrected chi connectivity index (χ2v) is 1.28. The van der Waals surface area contributed by atoms with E-state index >= 15 is 0 Å². The van der Waals surface area contributed by atoms with Gasteiger partial charge in [-0.3, -0.25) is 4.99 Å². The zero-order valence-corrected chi connectivity index (χ0v) is 4.76. The number of hydrogen-bond donors (Lipinski definition) is 0. The molecule has 8 heavy (non-hydrogen) atoms. The first-order valence-corrected chi connectivity index (χ1v) is 2.22. The summed E-state index contributed by atoms with van der Waals surface area (Å²) in [6.45, 7) is 4.54. The van der Waals surface area contributed by atoms with Gasteiger partial charge in [0.05, 0.1) is 5.83 Å². The lowest BCUT2D eigenvalue weighted by Crippen LogP contribution is -1.54. The van der Waals surface area contributed by atoms with Crippen LogP contribution in [0.25, 0.3) is 0 Å². The van der Waals surface area contributed by atoms with Gasteiger partial charge < -0.3 is 0 Å². The highest BCUT2D eigenvalue weighted by atomic mass is 19.1. The number of halogens is 1. The molecule has 0 amide bonds. The SMILES string of the molecule is C=N/C=C\C=C(/C)F. The van der Waals surface area contributed by atoms with Gasteiger partial charge in [-0.2, -0.15) is 0 Å². The molecule has 0 aromatic heterocycles. The van der Waals surface area contributed by atoms with Crippen molar-refractivity contribution < 1.29 is 4.39 Å². The van der Waals surface area contributed by atoms with Crippen LogP contribution in [-0.4, -0.2) is 6.72 Å². The van der Waals surface area contributed by atoms with Crippen LogP contribution in [0.4, 0.5) is 4.39 Å². The van der Waals surface area contributed by atoms with Crippen LogP contribution < -0.4 is 0 Å². The summed E-state index contributed by atoms with van der Waals surface area (Å²) in [6, 6.07) is 0. The summed E-state index contributed by atoms with van der Waals surface area (Å²) < 4.78 is 11.8. The summed E-state index contributed by atoms with van der Waals surface area (Å²) in [6.07, 6.45) is 4.22. The predicted octanol–water partition coefficient (Wildman–Crippen LogP) is 2.07. The van der Waals surface area contributed by atoms with E-state index in [-0.39, 0.29) is 5.83 Å². The zero-order chi connectivity index (χ0) is 6.41. The Bertz CT molecular complexity index is 120. The van der Waals surface area contributed by atoms with Gasteiger partial charge in [-0.1, -0.05) is 0 Å². The number of rotatable bonds is 2. The molecule has 0 aliphatic carbocycles. The molecule has 0 aliphatic rings. The summed E-state index contributed by atoms with van der Waals surface area (Å²) in [5, 5.41) is 0. The summed E-state index contributed by atoms with van der Waals surface area (Å²) in [5.41, 5.74) is 0. The van der Waals surface area contributed by atoms with Crippen LogP contribution in [0.1, 0.15) is 6.92 Å². The van der Waals surface area contributed by atoms with Gasteiger partial charge >= 0.3 is 0 Å². The first-order valence-electron chi connectivity index (χ1n) is 2.22. The maximum absolute atomic E-state index is 11.8. The maximum Gasteiger partial charge on any atom is 0.0969 e. The molecule has 0 saturated heterocycles. The molecule has 0 radical (unpaired) electrons. The van der Waals surface area contributed by atoms with Gasteiger partial charge in [0.1, 0.15) is 0 Å². The van der Waals surface area contributed by atoms with Crippen molar-refractivity contribution in [3.05, 3.63) is 24.2 Å². The van der Waals surface area contributed by atoms with Crippen LogP contribution in [0.2, 0.25) is 0 Å². The van der Waals surface area contributed by atoms with Crippen molar-refractivity contribution in [3.8, 4) is 0 Å². The van der Waals surface area contributed by atoms with E-state index in [1.165, 1.54) is 25.3 Å². The van der Waals surface area contributed by atoms with E-state index in [0.29, 0.717) is 0 Å². The average Bonchev–Trinajstić information content (AvgIpc) is 1.66. The predicted molar refractivity (Wildman–Crippen MR) is 33.6 cm³/mol. The molecular formula is C6H8FN. The van der Waals surface area contributed by atoms with E-state index in [9.17, 15) is 4.39 Å². The molecule has 0 saturated carbocycles. The van der Waals surface area contributed by atoms with E-state index < -0.39 is 0 Å². The molecule has 1 nitrogen and oxygen atoms in total. The number of aliphatic imine (C=N–C) groups is 1. The minimum atomic E-state index is -0.232. The number of allylic oxidation sites excluding steroid dienone is 3. The third-order valence-electron chi connectivity index (χ3n) is 0.517. The Labute approximate surface area is 48.2 Å². The lowest BCUT2D eigenvalue weighted by atomic mass is 10.5. The molecule has 0 rings (SSSR count). The van der Waals surface area contributed by atoms with Crippen molar-refractivity contribution in [3.63, 3.8) is 0 Å². The smallest absolute Gasteiger partial charge is 0.0969 e. The molecule has 0 aliphatic heterocycles. The summed E-state index contributed by atoms with van der Waals surface area (Å²) in [7, 11) is 0. The molecule has 0 unspecified atom stereocenters. The van der Waals surface area contributed by atoms with Crippen LogP contribution in [0.3, 0.4) is 0 Å². The lowest BCUT2D eigenvalue weighted by molar-refractivity contribution is 0.640. The Hall–Kier alpha value is -0.920. The minimum absolute atomic E-state index is 0.232. The fourth-order valence-electron chi connectivity index (χ4n) is 0.236. The second kappa shape index (κ2) is 4.24. The molecule has 2 heteroatoms. The highest BCUT2D eigenvalue weighted by Gasteiger charge is 1.72. The lowest BCUT2D eigenvalue weighted by Gasteiger charge is -1.74. The fraction of sp³-hybridized carbons (Fsp3) is 0.167. The monoisotopic (exact) mass is 113 g/mol. The Kier molecular flexibility index (Phi) is 3.76. The van der Waals surface area contributed by atoms with Crippen LogP contribution in [0, 0.1) is 0 Å². The molecule has 0 aromatic carbocycles. The highest BCUT2D eigenvalue weighted by molar-refractivity contribution is 5.26. The van der Waals surface area contributed by atoms with Gasteiger partial charge in [-0.25, -0.2) is 4.39 Å². The quantitative estimate of drug-likeness (QED) is 0.384. The number of nitrogens with zero attached hydrogens (tertiary/aromatic N) is 1. The van der Waals surface area contributed by atoms with E-state index in [4.69, 9.17) is 0 Å². The van der Waals surface area contributed by atoms with Crippen molar-refractivity contribution in [2.75, 3.05) is 0 Å². The molecule has 0 bridgehead atoms. The fourth-order valence-corrected chi connectivity index (χ4v) is 0.236. The topological polar surface area (TPSA) is 12.4 Å². The third-order valence-corrected chi connectivity index (χ3v) is 0.517. The van der Waals surface area contributed by atoms with Crippen LogP contribution >= 0.6 is 0 Å².